The number of carboxylic acid groups (broad SMARTS) is 1. The lowest BCUT2D eigenvalue weighted by molar-refractivity contribution is -0.160. The van der Waals surface area contributed by atoms with Crippen LogP contribution in [0.2, 0.25) is 0 Å². The van der Waals surface area contributed by atoms with Crippen LogP contribution >= 0.6 is 0 Å². The summed E-state index contributed by atoms with van der Waals surface area (Å²) < 4.78 is 5.04. The van der Waals surface area contributed by atoms with E-state index < -0.39 is 12.1 Å². The number of hydrogen-bond donors (Lipinski definition) is 2. The first-order chi connectivity index (χ1) is 7.60. The Morgan fingerprint density at radius 3 is 2.81 bits per heavy atom. The minimum Gasteiger partial charge on any atom is -0.479 e. The van der Waals surface area contributed by atoms with Gasteiger partial charge in [-0.2, -0.15) is 0 Å². The summed E-state index contributed by atoms with van der Waals surface area (Å²) in [6.07, 6.45) is -0.238. The lowest BCUT2D eigenvalue weighted by atomic mass is 10.0. The lowest BCUT2D eigenvalue weighted by Gasteiger charge is -2.32. The number of carboxylic acids is 1. The summed E-state index contributed by atoms with van der Waals surface area (Å²) in [7, 11) is 0. The zero-order valence-electron chi connectivity index (χ0n) is 9.39. The number of carbonyl (C=O) groups is 2. The van der Waals surface area contributed by atoms with Crippen LogP contribution in [0.3, 0.4) is 0 Å². The van der Waals surface area contributed by atoms with Crippen LogP contribution < -0.4 is 5.73 Å². The zero-order valence-corrected chi connectivity index (χ0v) is 9.39. The normalized spacial score (nSPS) is 22.9. The molecule has 0 saturated carbocycles. The Bertz CT molecular complexity index is 266. The molecule has 0 aromatic rings. The van der Waals surface area contributed by atoms with Crippen molar-refractivity contribution < 1.29 is 19.4 Å². The summed E-state index contributed by atoms with van der Waals surface area (Å²) >= 11 is 0. The van der Waals surface area contributed by atoms with Crippen molar-refractivity contribution in [2.45, 2.75) is 19.4 Å². The van der Waals surface area contributed by atoms with E-state index in [-0.39, 0.29) is 25.0 Å². The molecule has 1 heterocycles. The van der Waals surface area contributed by atoms with Crippen LogP contribution in [0.1, 0.15) is 13.3 Å². The van der Waals surface area contributed by atoms with Gasteiger partial charge in [0, 0.05) is 13.1 Å². The quantitative estimate of drug-likeness (QED) is 0.665. The highest BCUT2D eigenvalue weighted by Crippen LogP contribution is 2.11. The van der Waals surface area contributed by atoms with Crippen LogP contribution in [-0.2, 0) is 14.3 Å². The van der Waals surface area contributed by atoms with Gasteiger partial charge in [-0.05, 0) is 6.42 Å². The summed E-state index contributed by atoms with van der Waals surface area (Å²) in [5.74, 6) is -1.31. The summed E-state index contributed by atoms with van der Waals surface area (Å²) in [5, 5.41) is 8.80. The number of nitrogens with two attached hydrogens (primary N) is 1. The molecule has 1 rings (SSSR count). The van der Waals surface area contributed by atoms with Crippen LogP contribution in [0.15, 0.2) is 0 Å². The second kappa shape index (κ2) is 5.81. The van der Waals surface area contributed by atoms with Crippen LogP contribution in [0.25, 0.3) is 0 Å². The maximum Gasteiger partial charge on any atom is 0.334 e. The fourth-order valence-corrected chi connectivity index (χ4v) is 1.70. The molecule has 0 aromatic carbocycles. The van der Waals surface area contributed by atoms with Crippen LogP contribution in [0, 0.1) is 5.92 Å². The number of ether oxygens (including phenoxy) is 1. The zero-order chi connectivity index (χ0) is 12.1. The Kier molecular flexibility index (Phi) is 4.70. The number of carbonyl (C=O) groups excluding carboxylic acids is 1. The average Bonchev–Trinajstić information content (AvgIpc) is 2.30. The van der Waals surface area contributed by atoms with Crippen molar-refractivity contribution in [2.24, 2.45) is 11.7 Å². The van der Waals surface area contributed by atoms with Gasteiger partial charge in [0.25, 0.3) is 0 Å². The first kappa shape index (κ1) is 12.9. The van der Waals surface area contributed by atoms with Gasteiger partial charge in [-0.1, -0.05) is 6.92 Å². The van der Waals surface area contributed by atoms with E-state index in [9.17, 15) is 9.59 Å². The third-order valence-corrected chi connectivity index (χ3v) is 2.78. The molecule has 2 unspecified atom stereocenters. The molecule has 0 bridgehead atoms. The SMILES string of the molecule is CCC(CN)C(=O)N1CCOC(C(=O)O)C1. The first-order valence-electron chi connectivity index (χ1n) is 5.43. The van der Waals surface area contributed by atoms with Crippen molar-refractivity contribution in [3.05, 3.63) is 0 Å². The van der Waals surface area contributed by atoms with Crippen molar-refractivity contribution >= 4 is 11.9 Å². The predicted octanol–water partition coefficient (Wildman–Crippen LogP) is -0.717. The predicted molar refractivity (Wildman–Crippen MR) is 56.8 cm³/mol. The molecule has 3 N–H and O–H groups in total. The highest BCUT2D eigenvalue weighted by molar-refractivity contribution is 5.80. The fraction of sp³-hybridized carbons (Fsp3) is 0.800. The van der Waals surface area contributed by atoms with Gasteiger partial charge in [0.2, 0.25) is 5.91 Å². The molecule has 0 aromatic heterocycles. The van der Waals surface area contributed by atoms with Gasteiger partial charge in [0.05, 0.1) is 19.1 Å². The molecule has 0 aliphatic carbocycles. The number of hydrogen-bond acceptors (Lipinski definition) is 4. The lowest BCUT2D eigenvalue weighted by Crippen LogP contribution is -2.51. The second-order valence-electron chi connectivity index (χ2n) is 3.82. The van der Waals surface area contributed by atoms with Crippen molar-refractivity contribution in [1.29, 1.82) is 0 Å². The summed E-state index contributed by atoms with van der Waals surface area (Å²) in [6.45, 7) is 3.02. The molecule has 1 aliphatic rings. The number of rotatable bonds is 4. The van der Waals surface area contributed by atoms with Gasteiger partial charge in [-0.15, -0.1) is 0 Å². The topological polar surface area (TPSA) is 92.9 Å². The maximum atomic E-state index is 11.9. The molecule has 1 amide bonds. The molecule has 1 fully saturated rings. The molecule has 0 spiro atoms. The molecular weight excluding hydrogens is 212 g/mol. The first-order valence-corrected chi connectivity index (χ1v) is 5.43. The van der Waals surface area contributed by atoms with Gasteiger partial charge in [0.1, 0.15) is 0 Å². The second-order valence-corrected chi connectivity index (χ2v) is 3.82. The third-order valence-electron chi connectivity index (χ3n) is 2.78. The minimum absolute atomic E-state index is 0.0699. The van der Waals surface area contributed by atoms with E-state index in [2.05, 4.69) is 0 Å². The molecule has 92 valence electrons. The largest absolute Gasteiger partial charge is 0.479 e. The van der Waals surface area contributed by atoms with Crippen LogP contribution in [0.4, 0.5) is 0 Å². The monoisotopic (exact) mass is 230 g/mol. The highest BCUT2D eigenvalue weighted by atomic mass is 16.5. The summed E-state index contributed by atoms with van der Waals surface area (Å²) in [4.78, 5) is 24.2. The Labute approximate surface area is 94.3 Å². The maximum absolute atomic E-state index is 11.9. The number of aliphatic carboxylic acids is 1. The summed E-state index contributed by atoms with van der Waals surface area (Å²) in [5.41, 5.74) is 5.49. The third kappa shape index (κ3) is 2.93. The molecule has 6 heteroatoms. The van der Waals surface area contributed by atoms with E-state index in [0.29, 0.717) is 19.5 Å². The fourth-order valence-electron chi connectivity index (χ4n) is 1.70. The molecular formula is C10H18N2O4. The Morgan fingerprint density at radius 1 is 1.62 bits per heavy atom. The molecule has 6 nitrogen and oxygen atoms in total. The summed E-state index contributed by atoms with van der Waals surface area (Å²) in [6, 6.07) is 0. The van der Waals surface area contributed by atoms with E-state index in [4.69, 9.17) is 15.6 Å². The molecule has 16 heavy (non-hydrogen) atoms. The van der Waals surface area contributed by atoms with Crippen LogP contribution in [-0.4, -0.2) is 54.2 Å². The van der Waals surface area contributed by atoms with Gasteiger partial charge in [-0.3, -0.25) is 4.79 Å². The van der Waals surface area contributed by atoms with Crippen molar-refractivity contribution in [1.82, 2.24) is 4.90 Å². The average molecular weight is 230 g/mol. The van der Waals surface area contributed by atoms with E-state index in [1.54, 1.807) is 0 Å². The molecule has 1 aliphatic heterocycles. The van der Waals surface area contributed by atoms with Gasteiger partial charge >= 0.3 is 5.97 Å². The van der Waals surface area contributed by atoms with E-state index >= 15 is 0 Å². The smallest absolute Gasteiger partial charge is 0.334 e. The minimum atomic E-state index is -1.03. The Morgan fingerprint density at radius 2 is 2.31 bits per heavy atom. The molecule has 2 atom stereocenters. The number of nitrogens with zero attached hydrogens (tertiary/aromatic N) is 1. The van der Waals surface area contributed by atoms with Gasteiger partial charge in [-0.25, -0.2) is 4.79 Å². The highest BCUT2D eigenvalue weighted by Gasteiger charge is 2.31. The van der Waals surface area contributed by atoms with Crippen LogP contribution in [0.5, 0.6) is 0 Å². The number of amides is 1. The van der Waals surface area contributed by atoms with Crippen molar-refractivity contribution in [3.8, 4) is 0 Å². The van der Waals surface area contributed by atoms with E-state index in [1.165, 1.54) is 4.90 Å². The molecule has 0 radical (unpaired) electrons. The van der Waals surface area contributed by atoms with E-state index in [0.717, 1.165) is 0 Å². The van der Waals surface area contributed by atoms with Crippen molar-refractivity contribution in [3.63, 3.8) is 0 Å². The van der Waals surface area contributed by atoms with E-state index in [1.807, 2.05) is 6.92 Å². The molecule has 1 saturated heterocycles. The van der Waals surface area contributed by atoms with Gasteiger partial charge in [0.15, 0.2) is 6.10 Å². The van der Waals surface area contributed by atoms with Gasteiger partial charge < -0.3 is 20.5 Å². The standard InChI is InChI=1S/C10H18N2O4/c1-2-7(5-11)9(13)12-3-4-16-8(6-12)10(14)15/h7-8H,2-6,11H2,1H3,(H,14,15). The number of morpholine rings is 1. The Hall–Kier alpha value is -1.14. The van der Waals surface area contributed by atoms with Crippen molar-refractivity contribution in [2.75, 3.05) is 26.2 Å². The Balaban J connectivity index is 2.59.